The molecule has 0 unspecified atom stereocenters. The zero-order valence-corrected chi connectivity index (χ0v) is 13.5. The molecular weight excluding hydrogens is 353 g/mol. The molecule has 0 aliphatic carbocycles. The van der Waals surface area contributed by atoms with E-state index in [0.29, 0.717) is 5.69 Å². The van der Waals surface area contributed by atoms with Gasteiger partial charge in [0.1, 0.15) is 19.6 Å². The standard InChI is InChI=1S/C13H8Cl3N3OS/c14-11(12(15)16)13(20)19-8-4-5-10(18-7-8)21-9-3-1-2-6-17-9/h1-7H,(H,19,20). The minimum Gasteiger partial charge on any atom is -0.320 e. The molecule has 0 atom stereocenters. The molecule has 0 bridgehead atoms. The number of aromatic nitrogens is 2. The van der Waals surface area contributed by atoms with Gasteiger partial charge in [-0.3, -0.25) is 4.79 Å². The lowest BCUT2D eigenvalue weighted by atomic mass is 10.4. The molecule has 2 rings (SSSR count). The fourth-order valence-electron chi connectivity index (χ4n) is 1.30. The number of carbonyl (C=O) groups excluding carboxylic acids is 1. The highest BCUT2D eigenvalue weighted by Crippen LogP contribution is 2.25. The van der Waals surface area contributed by atoms with Crippen molar-refractivity contribution in [3.05, 3.63) is 52.2 Å². The summed E-state index contributed by atoms with van der Waals surface area (Å²) in [5.74, 6) is -0.594. The van der Waals surface area contributed by atoms with Crippen LogP contribution in [0.2, 0.25) is 0 Å². The molecule has 8 heteroatoms. The Hall–Kier alpha value is -1.27. The molecule has 2 aromatic rings. The smallest absolute Gasteiger partial charge is 0.269 e. The van der Waals surface area contributed by atoms with Crippen LogP contribution in [0, 0.1) is 0 Å². The van der Waals surface area contributed by atoms with Crippen molar-refractivity contribution in [1.82, 2.24) is 9.97 Å². The highest BCUT2D eigenvalue weighted by atomic mass is 35.5. The summed E-state index contributed by atoms with van der Waals surface area (Å²) in [5, 5.41) is 3.84. The zero-order valence-electron chi connectivity index (χ0n) is 10.4. The topological polar surface area (TPSA) is 54.9 Å². The van der Waals surface area contributed by atoms with Gasteiger partial charge in [0.05, 0.1) is 11.9 Å². The Balaban J connectivity index is 2.03. The quantitative estimate of drug-likeness (QED) is 0.818. The SMILES string of the molecule is O=C(Nc1ccc(Sc2ccccn2)nc1)C(Cl)=C(Cl)Cl. The maximum absolute atomic E-state index is 11.6. The predicted octanol–water partition coefficient (Wildman–Crippen LogP) is 4.45. The summed E-state index contributed by atoms with van der Waals surface area (Å²) in [4.78, 5) is 20.0. The molecule has 0 spiro atoms. The number of nitrogens with zero attached hydrogens (tertiary/aromatic N) is 2. The fourth-order valence-corrected chi connectivity index (χ4v) is 2.24. The molecule has 1 N–H and O–H groups in total. The molecule has 108 valence electrons. The van der Waals surface area contributed by atoms with Gasteiger partial charge in [0.15, 0.2) is 0 Å². The molecular formula is C13H8Cl3N3OS. The van der Waals surface area contributed by atoms with Gasteiger partial charge >= 0.3 is 0 Å². The zero-order chi connectivity index (χ0) is 15.2. The van der Waals surface area contributed by atoms with Crippen molar-refractivity contribution >= 4 is 58.2 Å². The second-order valence-electron chi connectivity index (χ2n) is 3.68. The second-order valence-corrected chi connectivity index (χ2v) is 6.05. The van der Waals surface area contributed by atoms with Crippen LogP contribution in [0.15, 0.2) is 62.3 Å². The third-order valence-corrected chi connectivity index (χ3v) is 4.04. The van der Waals surface area contributed by atoms with Gasteiger partial charge in [0, 0.05) is 6.20 Å². The van der Waals surface area contributed by atoms with E-state index in [9.17, 15) is 4.79 Å². The van der Waals surface area contributed by atoms with Gasteiger partial charge in [0.2, 0.25) is 0 Å². The van der Waals surface area contributed by atoms with E-state index in [4.69, 9.17) is 34.8 Å². The van der Waals surface area contributed by atoms with Crippen LogP contribution in [0.3, 0.4) is 0 Å². The maximum Gasteiger partial charge on any atom is 0.269 e. The van der Waals surface area contributed by atoms with Crippen LogP contribution in [0.1, 0.15) is 0 Å². The predicted molar refractivity (Wildman–Crippen MR) is 85.8 cm³/mol. The van der Waals surface area contributed by atoms with Crippen molar-refractivity contribution in [2.75, 3.05) is 5.32 Å². The lowest BCUT2D eigenvalue weighted by Crippen LogP contribution is -2.11. The van der Waals surface area contributed by atoms with Gasteiger partial charge in [-0.2, -0.15) is 0 Å². The number of hydrogen-bond acceptors (Lipinski definition) is 4. The molecule has 2 heterocycles. The second kappa shape index (κ2) is 7.66. The van der Waals surface area contributed by atoms with Crippen LogP contribution >= 0.6 is 46.6 Å². The van der Waals surface area contributed by atoms with E-state index in [-0.39, 0.29) is 9.52 Å². The number of carbonyl (C=O) groups is 1. The highest BCUT2D eigenvalue weighted by molar-refractivity contribution is 7.99. The molecule has 0 radical (unpaired) electrons. The largest absolute Gasteiger partial charge is 0.320 e. The van der Waals surface area contributed by atoms with Crippen LogP contribution in [-0.2, 0) is 4.79 Å². The molecule has 0 saturated heterocycles. The average molecular weight is 361 g/mol. The first kappa shape index (κ1) is 16.1. The molecule has 2 aromatic heterocycles. The highest BCUT2D eigenvalue weighted by Gasteiger charge is 2.11. The number of halogens is 3. The average Bonchev–Trinajstić information content (AvgIpc) is 2.49. The first-order chi connectivity index (χ1) is 10.1. The van der Waals surface area contributed by atoms with Crippen LogP contribution in [0.5, 0.6) is 0 Å². The molecule has 4 nitrogen and oxygen atoms in total. The molecule has 21 heavy (non-hydrogen) atoms. The normalized spacial score (nSPS) is 10.0. The van der Waals surface area contributed by atoms with Crippen molar-refractivity contribution in [1.29, 1.82) is 0 Å². The number of anilines is 1. The van der Waals surface area contributed by atoms with Gasteiger partial charge in [0.25, 0.3) is 5.91 Å². The molecule has 1 amide bonds. The maximum atomic E-state index is 11.6. The van der Waals surface area contributed by atoms with Crippen molar-refractivity contribution < 1.29 is 4.79 Å². The third-order valence-electron chi connectivity index (χ3n) is 2.21. The molecule has 0 aromatic carbocycles. The van der Waals surface area contributed by atoms with Gasteiger partial charge in [-0.25, -0.2) is 9.97 Å². The minimum absolute atomic E-state index is 0.273. The van der Waals surface area contributed by atoms with E-state index < -0.39 is 5.91 Å². The number of nitrogens with one attached hydrogen (secondary N) is 1. The molecule has 0 aliphatic heterocycles. The first-order valence-electron chi connectivity index (χ1n) is 5.63. The van der Waals surface area contributed by atoms with E-state index in [2.05, 4.69) is 15.3 Å². The van der Waals surface area contributed by atoms with Crippen molar-refractivity contribution in [2.24, 2.45) is 0 Å². The van der Waals surface area contributed by atoms with Gasteiger partial charge in [-0.15, -0.1) is 0 Å². The molecule has 0 saturated carbocycles. The fraction of sp³-hybridized carbons (Fsp3) is 0. The van der Waals surface area contributed by atoms with E-state index in [1.54, 1.807) is 18.3 Å². The van der Waals surface area contributed by atoms with Crippen LogP contribution < -0.4 is 5.32 Å². The third kappa shape index (κ3) is 4.89. The number of amides is 1. The summed E-state index contributed by atoms with van der Waals surface area (Å²) in [6.45, 7) is 0. The Bertz CT molecular complexity index is 658. The van der Waals surface area contributed by atoms with Crippen LogP contribution in [0.25, 0.3) is 0 Å². The van der Waals surface area contributed by atoms with E-state index in [1.165, 1.54) is 18.0 Å². The Labute approximate surface area is 140 Å². The summed E-state index contributed by atoms with van der Waals surface area (Å²) >= 11 is 17.9. The van der Waals surface area contributed by atoms with Crippen LogP contribution in [0.4, 0.5) is 5.69 Å². The number of rotatable bonds is 4. The Kier molecular flexibility index (Phi) is 5.87. The van der Waals surface area contributed by atoms with E-state index >= 15 is 0 Å². The lowest BCUT2D eigenvalue weighted by molar-refractivity contribution is -0.112. The van der Waals surface area contributed by atoms with Crippen molar-refractivity contribution in [3.8, 4) is 0 Å². The summed E-state index contributed by atoms with van der Waals surface area (Å²) in [7, 11) is 0. The summed E-state index contributed by atoms with van der Waals surface area (Å²) in [6, 6.07) is 9.08. The number of hydrogen-bond donors (Lipinski definition) is 1. The minimum atomic E-state index is -0.594. The molecule has 0 fully saturated rings. The lowest BCUT2D eigenvalue weighted by Gasteiger charge is -2.05. The summed E-state index contributed by atoms with van der Waals surface area (Å²) < 4.78 is -0.288. The van der Waals surface area contributed by atoms with Crippen molar-refractivity contribution in [3.63, 3.8) is 0 Å². The Morgan fingerprint density at radius 2 is 1.81 bits per heavy atom. The summed E-state index contributed by atoms with van der Waals surface area (Å²) in [5.41, 5.74) is 0.484. The van der Waals surface area contributed by atoms with E-state index in [0.717, 1.165) is 10.1 Å². The number of pyridine rings is 2. The summed E-state index contributed by atoms with van der Waals surface area (Å²) in [6.07, 6.45) is 3.22. The molecule has 0 aliphatic rings. The van der Waals surface area contributed by atoms with Crippen LogP contribution in [-0.4, -0.2) is 15.9 Å². The Morgan fingerprint density at radius 1 is 1.05 bits per heavy atom. The van der Waals surface area contributed by atoms with Gasteiger partial charge in [-0.05, 0) is 24.3 Å². The van der Waals surface area contributed by atoms with Crippen molar-refractivity contribution in [2.45, 2.75) is 10.1 Å². The first-order valence-corrected chi connectivity index (χ1v) is 7.58. The monoisotopic (exact) mass is 359 g/mol. The van der Waals surface area contributed by atoms with E-state index in [1.807, 2.05) is 18.2 Å². The Morgan fingerprint density at radius 3 is 2.38 bits per heavy atom. The van der Waals surface area contributed by atoms with Gasteiger partial charge in [-0.1, -0.05) is 52.6 Å². The van der Waals surface area contributed by atoms with Gasteiger partial charge < -0.3 is 5.32 Å².